The summed E-state index contributed by atoms with van der Waals surface area (Å²) in [6.45, 7) is 6.01. The molecule has 19 heavy (non-hydrogen) atoms. The van der Waals surface area contributed by atoms with Crippen molar-refractivity contribution < 1.29 is 12.9 Å². The van der Waals surface area contributed by atoms with Crippen LogP contribution in [0, 0.1) is 0 Å². The zero-order chi connectivity index (χ0) is 14.3. The molecule has 0 aliphatic heterocycles. The van der Waals surface area contributed by atoms with Crippen LogP contribution in [0.4, 0.5) is 0 Å². The quantitative estimate of drug-likeness (QED) is 0.914. The van der Waals surface area contributed by atoms with Crippen LogP contribution in [-0.4, -0.2) is 13.6 Å². The highest BCUT2D eigenvalue weighted by atomic mass is 32.2. The van der Waals surface area contributed by atoms with Gasteiger partial charge in [0.2, 0.25) is 10.0 Å². The van der Waals surface area contributed by atoms with Gasteiger partial charge in [0, 0.05) is 11.6 Å². The maximum absolute atomic E-state index is 11.7. The molecule has 5 nitrogen and oxygen atoms in total. The monoisotopic (exact) mass is 280 g/mol. The topological polar surface area (TPSA) is 86.2 Å². The molecule has 0 spiro atoms. The lowest BCUT2D eigenvalue weighted by atomic mass is 9.86. The molecule has 1 aromatic heterocycles. The summed E-state index contributed by atoms with van der Waals surface area (Å²) in [6, 6.07) is 6.77. The summed E-state index contributed by atoms with van der Waals surface area (Å²) in [7, 11) is -3.82. The Balaban J connectivity index is 2.70. The maximum atomic E-state index is 11.7. The molecular weight excluding hydrogens is 264 g/mol. The van der Waals surface area contributed by atoms with Gasteiger partial charge in [0.25, 0.3) is 0 Å². The number of sulfonamides is 1. The van der Waals surface area contributed by atoms with Crippen molar-refractivity contribution >= 4 is 10.0 Å². The fourth-order valence-corrected chi connectivity index (χ4v) is 2.56. The van der Waals surface area contributed by atoms with Crippen molar-refractivity contribution in [3.05, 3.63) is 36.1 Å². The molecule has 6 heteroatoms. The van der Waals surface area contributed by atoms with E-state index in [-0.39, 0.29) is 10.3 Å². The Hall–Kier alpha value is -1.66. The standard InChI is InChI=1S/C13H16N2O3S/c1-13(2,3)9-4-5-10(11-6-7-18-15-11)12(8-9)19(14,16)17/h4-8H,1-3H3,(H2,14,16,17). The van der Waals surface area contributed by atoms with E-state index in [1.165, 1.54) is 6.26 Å². The minimum absolute atomic E-state index is 0.0637. The van der Waals surface area contributed by atoms with E-state index in [1.54, 1.807) is 18.2 Å². The van der Waals surface area contributed by atoms with E-state index in [0.717, 1.165) is 5.56 Å². The van der Waals surface area contributed by atoms with Crippen LogP contribution in [0.5, 0.6) is 0 Å². The largest absolute Gasteiger partial charge is 0.364 e. The van der Waals surface area contributed by atoms with Crippen molar-refractivity contribution in [2.24, 2.45) is 5.14 Å². The average Bonchev–Trinajstić information content (AvgIpc) is 2.79. The van der Waals surface area contributed by atoms with Crippen molar-refractivity contribution in [3.8, 4) is 11.3 Å². The van der Waals surface area contributed by atoms with Crippen LogP contribution in [0.1, 0.15) is 26.3 Å². The first-order valence-corrected chi connectivity index (χ1v) is 7.32. The Morgan fingerprint density at radius 2 is 1.89 bits per heavy atom. The molecule has 0 atom stereocenters. The Kier molecular flexibility index (Phi) is 3.24. The fraction of sp³-hybridized carbons (Fsp3) is 0.308. The number of hydrogen-bond donors (Lipinski definition) is 1. The smallest absolute Gasteiger partial charge is 0.238 e. The second kappa shape index (κ2) is 4.47. The molecule has 0 aliphatic rings. The summed E-state index contributed by atoms with van der Waals surface area (Å²) in [5.41, 5.74) is 1.62. The minimum Gasteiger partial charge on any atom is -0.364 e. The van der Waals surface area contributed by atoms with Gasteiger partial charge in [-0.15, -0.1) is 0 Å². The van der Waals surface area contributed by atoms with Gasteiger partial charge in [-0.25, -0.2) is 13.6 Å². The molecule has 2 N–H and O–H groups in total. The molecule has 0 unspecified atom stereocenters. The van der Waals surface area contributed by atoms with Gasteiger partial charge < -0.3 is 4.52 Å². The summed E-state index contributed by atoms with van der Waals surface area (Å²) in [5, 5.41) is 9.05. The van der Waals surface area contributed by atoms with E-state index in [0.29, 0.717) is 11.3 Å². The van der Waals surface area contributed by atoms with Gasteiger partial charge in [-0.3, -0.25) is 0 Å². The van der Waals surface area contributed by atoms with Crippen molar-refractivity contribution in [1.29, 1.82) is 0 Å². The predicted octanol–water partition coefficient (Wildman–Crippen LogP) is 2.29. The number of nitrogens with zero attached hydrogens (tertiary/aromatic N) is 1. The van der Waals surface area contributed by atoms with E-state index in [9.17, 15) is 8.42 Å². The van der Waals surface area contributed by atoms with Crippen molar-refractivity contribution in [3.63, 3.8) is 0 Å². The Morgan fingerprint density at radius 1 is 1.21 bits per heavy atom. The van der Waals surface area contributed by atoms with Gasteiger partial charge in [-0.05, 0) is 17.0 Å². The van der Waals surface area contributed by atoms with Crippen LogP contribution in [0.2, 0.25) is 0 Å². The fourth-order valence-electron chi connectivity index (χ4n) is 1.79. The number of rotatable bonds is 2. The zero-order valence-electron chi connectivity index (χ0n) is 11.0. The molecule has 0 fully saturated rings. The molecular formula is C13H16N2O3S. The van der Waals surface area contributed by atoms with Gasteiger partial charge in [0.05, 0.1) is 4.90 Å². The third-order valence-electron chi connectivity index (χ3n) is 2.87. The van der Waals surface area contributed by atoms with Crippen LogP contribution in [-0.2, 0) is 15.4 Å². The third-order valence-corrected chi connectivity index (χ3v) is 3.82. The van der Waals surface area contributed by atoms with Crippen molar-refractivity contribution in [2.75, 3.05) is 0 Å². The molecule has 2 rings (SSSR count). The van der Waals surface area contributed by atoms with Crippen LogP contribution in [0.25, 0.3) is 11.3 Å². The Labute approximate surface area is 112 Å². The van der Waals surface area contributed by atoms with Gasteiger partial charge in [0.15, 0.2) is 0 Å². The molecule has 1 heterocycles. The molecule has 102 valence electrons. The van der Waals surface area contributed by atoms with Gasteiger partial charge >= 0.3 is 0 Å². The third kappa shape index (κ3) is 2.85. The van der Waals surface area contributed by atoms with Gasteiger partial charge in [-0.1, -0.05) is 38.1 Å². The summed E-state index contributed by atoms with van der Waals surface area (Å²) in [6.07, 6.45) is 1.39. The van der Waals surface area contributed by atoms with Gasteiger partial charge in [0.1, 0.15) is 12.0 Å². The summed E-state index contributed by atoms with van der Waals surface area (Å²) in [5.74, 6) is 0. The van der Waals surface area contributed by atoms with Crippen LogP contribution in [0.3, 0.4) is 0 Å². The number of aromatic nitrogens is 1. The molecule has 0 aliphatic carbocycles. The summed E-state index contributed by atoms with van der Waals surface area (Å²) in [4.78, 5) is 0.0637. The second-order valence-electron chi connectivity index (χ2n) is 5.39. The average molecular weight is 280 g/mol. The number of primary sulfonamides is 1. The highest BCUT2D eigenvalue weighted by Crippen LogP contribution is 2.31. The van der Waals surface area contributed by atoms with E-state index in [2.05, 4.69) is 5.16 Å². The predicted molar refractivity (Wildman–Crippen MR) is 72.0 cm³/mol. The van der Waals surface area contributed by atoms with Gasteiger partial charge in [-0.2, -0.15) is 0 Å². The Morgan fingerprint density at radius 3 is 2.37 bits per heavy atom. The highest BCUT2D eigenvalue weighted by Gasteiger charge is 2.21. The first-order valence-electron chi connectivity index (χ1n) is 5.78. The molecule has 0 amide bonds. The SMILES string of the molecule is CC(C)(C)c1ccc(-c2ccon2)c(S(N)(=O)=O)c1. The van der Waals surface area contributed by atoms with E-state index < -0.39 is 10.0 Å². The van der Waals surface area contributed by atoms with E-state index in [1.807, 2.05) is 26.8 Å². The highest BCUT2D eigenvalue weighted by molar-refractivity contribution is 7.89. The number of benzene rings is 1. The van der Waals surface area contributed by atoms with Crippen LogP contribution >= 0.6 is 0 Å². The number of nitrogens with two attached hydrogens (primary N) is 1. The van der Waals surface area contributed by atoms with Crippen molar-refractivity contribution in [1.82, 2.24) is 5.16 Å². The first kappa shape index (κ1) is 13.8. The lowest BCUT2D eigenvalue weighted by Crippen LogP contribution is -2.17. The summed E-state index contributed by atoms with van der Waals surface area (Å²) >= 11 is 0. The molecule has 0 bridgehead atoms. The number of hydrogen-bond acceptors (Lipinski definition) is 4. The molecule has 0 saturated heterocycles. The lowest BCUT2D eigenvalue weighted by molar-refractivity contribution is 0.422. The first-order chi connectivity index (χ1) is 8.69. The maximum Gasteiger partial charge on any atom is 0.238 e. The second-order valence-corrected chi connectivity index (χ2v) is 6.92. The molecule has 1 aromatic carbocycles. The Bertz CT molecular complexity index is 683. The van der Waals surface area contributed by atoms with Crippen molar-refractivity contribution in [2.45, 2.75) is 31.1 Å². The molecule has 0 saturated carbocycles. The van der Waals surface area contributed by atoms with Crippen LogP contribution in [0.15, 0.2) is 39.9 Å². The summed E-state index contributed by atoms with van der Waals surface area (Å²) < 4.78 is 28.2. The minimum atomic E-state index is -3.82. The molecule has 2 aromatic rings. The lowest BCUT2D eigenvalue weighted by Gasteiger charge is -2.20. The normalized spacial score (nSPS) is 12.6. The zero-order valence-corrected chi connectivity index (χ0v) is 11.9. The van der Waals surface area contributed by atoms with E-state index >= 15 is 0 Å². The molecule has 0 radical (unpaired) electrons. The van der Waals surface area contributed by atoms with E-state index in [4.69, 9.17) is 9.66 Å². The van der Waals surface area contributed by atoms with Crippen LogP contribution < -0.4 is 5.14 Å².